The lowest BCUT2D eigenvalue weighted by Gasteiger charge is -2.10. The van der Waals surface area contributed by atoms with Crippen LogP contribution in [0.1, 0.15) is 25.1 Å². The zero-order valence-corrected chi connectivity index (χ0v) is 9.78. The molecule has 1 aromatic heterocycles. The molecule has 4 nitrogen and oxygen atoms in total. The zero-order chi connectivity index (χ0) is 11.7. The van der Waals surface area contributed by atoms with Crippen LogP contribution in [0.2, 0.25) is 0 Å². The van der Waals surface area contributed by atoms with Crippen LogP contribution >= 0.6 is 0 Å². The molecule has 1 fully saturated rings. The predicted molar refractivity (Wildman–Crippen MR) is 64.1 cm³/mol. The van der Waals surface area contributed by atoms with Crippen LogP contribution in [0.15, 0.2) is 36.7 Å². The summed E-state index contributed by atoms with van der Waals surface area (Å²) in [5, 5.41) is 8.27. The quantitative estimate of drug-likeness (QED) is 0.792. The van der Waals surface area contributed by atoms with Gasteiger partial charge in [-0.25, -0.2) is 0 Å². The first-order chi connectivity index (χ1) is 8.34. The van der Waals surface area contributed by atoms with E-state index in [1.165, 1.54) is 0 Å². The molecule has 0 bridgehead atoms. The van der Waals surface area contributed by atoms with Crippen LogP contribution in [0, 0.1) is 0 Å². The second kappa shape index (κ2) is 4.30. The molecule has 0 radical (unpaired) electrons. The first-order valence-corrected chi connectivity index (χ1v) is 5.91. The summed E-state index contributed by atoms with van der Waals surface area (Å²) in [6.07, 6.45) is 3.11. The zero-order valence-electron chi connectivity index (χ0n) is 9.78. The summed E-state index contributed by atoms with van der Waals surface area (Å²) in [4.78, 5) is 0. The molecule has 88 valence electrons. The topological polar surface area (TPSA) is 39.9 Å². The molecule has 0 aliphatic carbocycles. The van der Waals surface area contributed by atoms with Crippen LogP contribution in [0.4, 0.5) is 0 Å². The number of hydrogen-bond donors (Lipinski definition) is 0. The molecule has 17 heavy (non-hydrogen) atoms. The maximum atomic E-state index is 5.60. The maximum absolute atomic E-state index is 5.60. The van der Waals surface area contributed by atoms with E-state index in [1.54, 1.807) is 6.33 Å². The number of para-hydroxylation sites is 1. The molecule has 2 atom stereocenters. The third-order valence-corrected chi connectivity index (χ3v) is 3.17. The summed E-state index contributed by atoms with van der Waals surface area (Å²) in [5.74, 6) is 1.35. The monoisotopic (exact) mass is 229 g/mol. The lowest BCUT2D eigenvalue weighted by molar-refractivity contribution is 0.123. The Bertz CT molecular complexity index is 494. The lowest BCUT2D eigenvalue weighted by atomic mass is 10.1. The van der Waals surface area contributed by atoms with Crippen molar-refractivity contribution in [1.82, 2.24) is 14.8 Å². The van der Waals surface area contributed by atoms with E-state index in [9.17, 15) is 0 Å². The second-order valence-corrected chi connectivity index (χ2v) is 4.47. The fraction of sp³-hybridized carbons (Fsp3) is 0.385. The lowest BCUT2D eigenvalue weighted by Crippen LogP contribution is -2.07. The van der Waals surface area contributed by atoms with Crippen molar-refractivity contribution >= 4 is 0 Å². The third-order valence-electron chi connectivity index (χ3n) is 3.17. The molecule has 2 heterocycles. The molecule has 0 amide bonds. The second-order valence-electron chi connectivity index (χ2n) is 4.47. The number of aromatic nitrogens is 3. The number of rotatable bonds is 2. The van der Waals surface area contributed by atoms with Gasteiger partial charge in [0.2, 0.25) is 0 Å². The highest BCUT2D eigenvalue weighted by molar-refractivity contribution is 5.32. The Kier molecular flexibility index (Phi) is 2.65. The highest BCUT2D eigenvalue weighted by Crippen LogP contribution is 2.28. The van der Waals surface area contributed by atoms with Gasteiger partial charge >= 0.3 is 0 Å². The molecule has 2 aromatic rings. The maximum Gasteiger partial charge on any atom is 0.142 e. The average molecular weight is 229 g/mol. The van der Waals surface area contributed by atoms with Gasteiger partial charge in [0.05, 0.1) is 12.7 Å². The summed E-state index contributed by atoms with van der Waals surface area (Å²) >= 11 is 0. The number of ether oxygens (including phenoxy) is 1. The van der Waals surface area contributed by atoms with E-state index in [4.69, 9.17) is 4.74 Å². The minimum atomic E-state index is 0.320. The standard InChI is InChI=1S/C13H15N3O/c1-10-7-11(8-17-10)13-15-14-9-16(13)12-5-3-2-4-6-12/h2-6,9-11H,7-8H2,1H3. The van der Waals surface area contributed by atoms with Gasteiger partial charge in [-0.3, -0.25) is 4.57 Å². The minimum absolute atomic E-state index is 0.320. The summed E-state index contributed by atoms with van der Waals surface area (Å²) in [5.41, 5.74) is 1.10. The van der Waals surface area contributed by atoms with E-state index in [0.29, 0.717) is 12.0 Å². The first-order valence-electron chi connectivity index (χ1n) is 5.91. The fourth-order valence-corrected chi connectivity index (χ4v) is 2.31. The summed E-state index contributed by atoms with van der Waals surface area (Å²) in [6.45, 7) is 2.84. The van der Waals surface area contributed by atoms with E-state index in [2.05, 4.69) is 29.3 Å². The minimum Gasteiger partial charge on any atom is -0.378 e. The Hall–Kier alpha value is -1.68. The van der Waals surface area contributed by atoms with Gasteiger partial charge in [0.1, 0.15) is 12.2 Å². The average Bonchev–Trinajstić information content (AvgIpc) is 2.98. The summed E-state index contributed by atoms with van der Waals surface area (Å²) in [7, 11) is 0. The van der Waals surface area contributed by atoms with Crippen LogP contribution in [0.5, 0.6) is 0 Å². The number of nitrogens with zero attached hydrogens (tertiary/aromatic N) is 3. The van der Waals surface area contributed by atoms with E-state index >= 15 is 0 Å². The molecule has 1 aromatic carbocycles. The normalized spacial score (nSPS) is 24.1. The molecule has 0 saturated carbocycles. The van der Waals surface area contributed by atoms with Gasteiger partial charge in [0, 0.05) is 11.6 Å². The van der Waals surface area contributed by atoms with Crippen LogP contribution in [0.3, 0.4) is 0 Å². The molecular formula is C13H15N3O. The van der Waals surface area contributed by atoms with E-state index < -0.39 is 0 Å². The predicted octanol–water partition coefficient (Wildman–Crippen LogP) is 2.16. The summed E-state index contributed by atoms with van der Waals surface area (Å²) in [6, 6.07) is 10.2. The van der Waals surface area contributed by atoms with Crippen LogP contribution in [-0.2, 0) is 4.74 Å². The first kappa shape index (κ1) is 10.5. The van der Waals surface area contributed by atoms with Crippen molar-refractivity contribution in [3.8, 4) is 5.69 Å². The molecule has 2 unspecified atom stereocenters. The Balaban J connectivity index is 1.95. The molecule has 1 aliphatic heterocycles. The van der Waals surface area contributed by atoms with Crippen LogP contribution < -0.4 is 0 Å². The van der Waals surface area contributed by atoms with Crippen molar-refractivity contribution in [3.05, 3.63) is 42.5 Å². The molecule has 0 spiro atoms. The Morgan fingerprint density at radius 3 is 2.82 bits per heavy atom. The molecular weight excluding hydrogens is 214 g/mol. The van der Waals surface area contributed by atoms with Crippen molar-refractivity contribution in [3.63, 3.8) is 0 Å². The molecule has 4 heteroatoms. The van der Waals surface area contributed by atoms with E-state index in [1.807, 2.05) is 22.8 Å². The van der Waals surface area contributed by atoms with Crippen molar-refractivity contribution in [2.75, 3.05) is 6.61 Å². The van der Waals surface area contributed by atoms with Gasteiger partial charge in [0.25, 0.3) is 0 Å². The summed E-state index contributed by atoms with van der Waals surface area (Å²) < 4.78 is 7.65. The van der Waals surface area contributed by atoms with Gasteiger partial charge in [-0.05, 0) is 25.5 Å². The number of benzene rings is 1. The van der Waals surface area contributed by atoms with E-state index in [-0.39, 0.29) is 0 Å². The van der Waals surface area contributed by atoms with E-state index in [0.717, 1.165) is 24.5 Å². The van der Waals surface area contributed by atoms with Crippen LogP contribution in [0.25, 0.3) is 5.69 Å². The van der Waals surface area contributed by atoms with Gasteiger partial charge in [-0.15, -0.1) is 10.2 Å². The molecule has 1 saturated heterocycles. The van der Waals surface area contributed by atoms with Gasteiger partial charge in [0.15, 0.2) is 0 Å². The fourth-order valence-electron chi connectivity index (χ4n) is 2.31. The van der Waals surface area contributed by atoms with Crippen molar-refractivity contribution < 1.29 is 4.74 Å². The Morgan fingerprint density at radius 1 is 1.29 bits per heavy atom. The third kappa shape index (κ3) is 1.96. The molecule has 1 aliphatic rings. The Labute approximate surface area is 100 Å². The van der Waals surface area contributed by atoms with Gasteiger partial charge in [-0.2, -0.15) is 0 Å². The molecule has 0 N–H and O–H groups in total. The van der Waals surface area contributed by atoms with Gasteiger partial charge < -0.3 is 4.74 Å². The molecule has 3 rings (SSSR count). The van der Waals surface area contributed by atoms with Crippen molar-refractivity contribution in [1.29, 1.82) is 0 Å². The SMILES string of the molecule is CC1CC(c2nncn2-c2ccccc2)CO1. The Morgan fingerprint density at radius 2 is 2.12 bits per heavy atom. The smallest absolute Gasteiger partial charge is 0.142 e. The largest absolute Gasteiger partial charge is 0.378 e. The van der Waals surface area contributed by atoms with Crippen molar-refractivity contribution in [2.24, 2.45) is 0 Å². The highest BCUT2D eigenvalue weighted by Gasteiger charge is 2.27. The highest BCUT2D eigenvalue weighted by atomic mass is 16.5. The van der Waals surface area contributed by atoms with Gasteiger partial charge in [-0.1, -0.05) is 18.2 Å². The van der Waals surface area contributed by atoms with Crippen molar-refractivity contribution in [2.45, 2.75) is 25.4 Å². The van der Waals surface area contributed by atoms with Crippen LogP contribution in [-0.4, -0.2) is 27.5 Å². The number of hydrogen-bond acceptors (Lipinski definition) is 3.